The molecule has 0 saturated heterocycles. The highest BCUT2D eigenvalue weighted by Gasteiger charge is 2.16. The average Bonchev–Trinajstić information content (AvgIpc) is 3.23. The molecular weight excluding hydrogens is 399 g/mol. The molecule has 2 aromatic heterocycles. The van der Waals surface area contributed by atoms with E-state index in [1.165, 1.54) is 35.0 Å². The molecule has 0 atom stereocenters. The highest BCUT2D eigenvalue weighted by molar-refractivity contribution is 5.91. The van der Waals surface area contributed by atoms with Gasteiger partial charge in [-0.3, -0.25) is 9.59 Å². The highest BCUT2D eigenvalue weighted by atomic mass is 19.1. The Labute approximate surface area is 177 Å². The Balaban J connectivity index is 1.56. The fourth-order valence-electron chi connectivity index (χ4n) is 3.09. The molecule has 4 aromatic rings. The number of nitrogens with one attached hydrogen (secondary N) is 1. The Morgan fingerprint density at radius 1 is 1.13 bits per heavy atom. The zero-order valence-corrected chi connectivity index (χ0v) is 16.9. The van der Waals surface area contributed by atoms with Crippen LogP contribution in [0.2, 0.25) is 0 Å². The molecule has 1 amide bonds. The number of aryl methyl sites for hydroxylation is 2. The number of carbonyl (C=O) groups excluding carboxylic acids is 1. The van der Waals surface area contributed by atoms with E-state index < -0.39 is 5.56 Å². The third-order valence-electron chi connectivity index (χ3n) is 4.76. The molecule has 2 heterocycles. The summed E-state index contributed by atoms with van der Waals surface area (Å²) in [6.07, 6.45) is 1.52. The minimum absolute atomic E-state index is 0.0219. The maximum Gasteiger partial charge on any atom is 0.263 e. The molecule has 31 heavy (non-hydrogen) atoms. The van der Waals surface area contributed by atoms with Crippen LogP contribution in [-0.4, -0.2) is 20.6 Å². The average molecular weight is 418 g/mol. The first-order valence-corrected chi connectivity index (χ1v) is 9.57. The predicted octanol–water partition coefficient (Wildman–Crippen LogP) is 3.96. The highest BCUT2D eigenvalue weighted by Crippen LogP contribution is 2.20. The van der Waals surface area contributed by atoms with Crippen LogP contribution in [0.5, 0.6) is 0 Å². The van der Waals surface area contributed by atoms with Gasteiger partial charge in [-0.05, 0) is 67.4 Å². The summed E-state index contributed by atoms with van der Waals surface area (Å²) in [6.45, 7) is 3.67. The molecule has 0 spiro atoms. The summed E-state index contributed by atoms with van der Waals surface area (Å²) >= 11 is 0. The van der Waals surface area contributed by atoms with Gasteiger partial charge in [0.05, 0.1) is 0 Å². The van der Waals surface area contributed by atoms with E-state index in [4.69, 9.17) is 4.52 Å². The van der Waals surface area contributed by atoms with Crippen molar-refractivity contribution in [3.8, 4) is 22.8 Å². The first-order valence-electron chi connectivity index (χ1n) is 9.57. The van der Waals surface area contributed by atoms with Crippen LogP contribution < -0.4 is 10.9 Å². The molecule has 0 unspecified atom stereocenters. The molecule has 0 radical (unpaired) electrons. The van der Waals surface area contributed by atoms with Gasteiger partial charge in [0.15, 0.2) is 0 Å². The van der Waals surface area contributed by atoms with Gasteiger partial charge in [0, 0.05) is 17.4 Å². The molecule has 2 aromatic carbocycles. The summed E-state index contributed by atoms with van der Waals surface area (Å²) in [5.41, 5.74) is 2.94. The summed E-state index contributed by atoms with van der Waals surface area (Å²) in [6, 6.07) is 14.5. The van der Waals surface area contributed by atoms with Gasteiger partial charge in [0.2, 0.25) is 11.7 Å². The molecule has 0 bridgehead atoms. The zero-order valence-electron chi connectivity index (χ0n) is 16.9. The van der Waals surface area contributed by atoms with Crippen LogP contribution in [0.3, 0.4) is 0 Å². The van der Waals surface area contributed by atoms with Crippen molar-refractivity contribution >= 4 is 11.6 Å². The fraction of sp³-hybridized carbons (Fsp3) is 0.130. The number of carbonyl (C=O) groups is 1. The lowest BCUT2D eigenvalue weighted by atomic mass is 10.1. The van der Waals surface area contributed by atoms with E-state index in [0.717, 1.165) is 11.1 Å². The van der Waals surface area contributed by atoms with Crippen LogP contribution in [0.1, 0.15) is 11.1 Å². The molecule has 156 valence electrons. The van der Waals surface area contributed by atoms with Crippen LogP contribution in [0.4, 0.5) is 10.1 Å². The fourth-order valence-corrected chi connectivity index (χ4v) is 3.09. The second-order valence-corrected chi connectivity index (χ2v) is 7.15. The number of halogens is 1. The van der Waals surface area contributed by atoms with Crippen molar-refractivity contribution < 1.29 is 13.7 Å². The van der Waals surface area contributed by atoms with Crippen molar-refractivity contribution in [2.45, 2.75) is 20.4 Å². The van der Waals surface area contributed by atoms with Crippen molar-refractivity contribution in [2.75, 3.05) is 5.32 Å². The molecule has 1 N–H and O–H groups in total. The van der Waals surface area contributed by atoms with Gasteiger partial charge in [-0.15, -0.1) is 0 Å². The maximum atomic E-state index is 13.1. The zero-order chi connectivity index (χ0) is 22.0. The Morgan fingerprint density at radius 3 is 2.68 bits per heavy atom. The summed E-state index contributed by atoms with van der Waals surface area (Å²) in [7, 11) is 0. The van der Waals surface area contributed by atoms with E-state index >= 15 is 0 Å². The SMILES string of the molecule is Cc1ccc(C)c(NC(=O)Cn2cccc(-c3nc(-c4ccc(F)cc4)no3)c2=O)c1. The van der Waals surface area contributed by atoms with E-state index in [-0.39, 0.29) is 35.5 Å². The van der Waals surface area contributed by atoms with E-state index in [0.29, 0.717) is 11.3 Å². The monoisotopic (exact) mass is 418 g/mol. The van der Waals surface area contributed by atoms with Gasteiger partial charge >= 0.3 is 0 Å². The smallest absolute Gasteiger partial charge is 0.263 e. The summed E-state index contributed by atoms with van der Waals surface area (Å²) in [5, 5.41) is 6.70. The van der Waals surface area contributed by atoms with E-state index in [9.17, 15) is 14.0 Å². The molecule has 4 rings (SSSR count). The van der Waals surface area contributed by atoms with E-state index in [1.807, 2.05) is 32.0 Å². The minimum Gasteiger partial charge on any atom is -0.333 e. The quantitative estimate of drug-likeness (QED) is 0.530. The lowest BCUT2D eigenvalue weighted by Crippen LogP contribution is -2.28. The van der Waals surface area contributed by atoms with Crippen molar-refractivity contribution in [2.24, 2.45) is 0 Å². The second kappa shape index (κ2) is 8.35. The van der Waals surface area contributed by atoms with Gasteiger partial charge < -0.3 is 14.4 Å². The molecule has 0 aliphatic heterocycles. The largest absolute Gasteiger partial charge is 0.333 e. The van der Waals surface area contributed by atoms with Crippen LogP contribution in [0.25, 0.3) is 22.8 Å². The molecule has 8 heteroatoms. The van der Waals surface area contributed by atoms with Crippen LogP contribution in [0, 0.1) is 19.7 Å². The maximum absolute atomic E-state index is 13.1. The number of hydrogen-bond acceptors (Lipinski definition) is 5. The van der Waals surface area contributed by atoms with Crippen molar-refractivity contribution in [1.29, 1.82) is 0 Å². The Hall–Kier alpha value is -4.07. The normalized spacial score (nSPS) is 10.8. The minimum atomic E-state index is -0.437. The third-order valence-corrected chi connectivity index (χ3v) is 4.76. The number of rotatable bonds is 5. The topological polar surface area (TPSA) is 90.0 Å². The molecular formula is C23H19FN4O3. The van der Waals surface area contributed by atoms with Gasteiger partial charge in [-0.1, -0.05) is 17.3 Å². The number of hydrogen-bond donors (Lipinski definition) is 1. The lowest BCUT2D eigenvalue weighted by Gasteiger charge is -2.11. The Bertz CT molecular complexity index is 1310. The standard InChI is InChI=1S/C23H19FN4O3/c1-14-5-6-15(2)19(12-14)25-20(29)13-28-11-3-4-18(23(28)30)22-26-21(27-31-22)16-7-9-17(24)10-8-16/h3-12H,13H2,1-2H3,(H,25,29). The Morgan fingerprint density at radius 2 is 1.90 bits per heavy atom. The van der Waals surface area contributed by atoms with Crippen LogP contribution in [0.15, 0.2) is 70.1 Å². The molecule has 0 aliphatic rings. The summed E-state index contributed by atoms with van der Waals surface area (Å²) in [4.78, 5) is 29.6. The first-order chi connectivity index (χ1) is 14.9. The van der Waals surface area contributed by atoms with E-state index in [1.54, 1.807) is 12.1 Å². The van der Waals surface area contributed by atoms with Crippen molar-refractivity contribution in [1.82, 2.24) is 14.7 Å². The van der Waals surface area contributed by atoms with Gasteiger partial charge in [-0.25, -0.2) is 4.39 Å². The van der Waals surface area contributed by atoms with Gasteiger partial charge in [0.1, 0.15) is 17.9 Å². The lowest BCUT2D eigenvalue weighted by molar-refractivity contribution is -0.116. The van der Waals surface area contributed by atoms with Crippen LogP contribution >= 0.6 is 0 Å². The summed E-state index contributed by atoms with van der Waals surface area (Å²) < 4.78 is 19.6. The third kappa shape index (κ3) is 4.42. The molecule has 7 nitrogen and oxygen atoms in total. The first kappa shape index (κ1) is 20.2. The number of nitrogens with zero attached hydrogens (tertiary/aromatic N) is 3. The van der Waals surface area contributed by atoms with Gasteiger partial charge in [0.25, 0.3) is 11.4 Å². The molecule has 0 saturated carbocycles. The summed E-state index contributed by atoms with van der Waals surface area (Å²) in [5.74, 6) is -0.450. The van der Waals surface area contributed by atoms with Crippen molar-refractivity contribution in [3.05, 3.63) is 88.1 Å². The number of pyridine rings is 1. The number of aromatic nitrogens is 3. The van der Waals surface area contributed by atoms with Gasteiger partial charge in [-0.2, -0.15) is 4.98 Å². The molecule has 0 aliphatic carbocycles. The van der Waals surface area contributed by atoms with Crippen LogP contribution in [-0.2, 0) is 11.3 Å². The predicted molar refractivity (Wildman–Crippen MR) is 114 cm³/mol. The second-order valence-electron chi connectivity index (χ2n) is 7.15. The number of benzene rings is 2. The van der Waals surface area contributed by atoms with Crippen molar-refractivity contribution in [3.63, 3.8) is 0 Å². The number of anilines is 1. The Kier molecular flexibility index (Phi) is 5.44. The number of amides is 1. The molecule has 0 fully saturated rings. The van der Waals surface area contributed by atoms with E-state index in [2.05, 4.69) is 15.5 Å².